The fraction of sp³-hybridized carbons (Fsp3) is 0.381. The first kappa shape index (κ1) is 21.8. The SMILES string of the molecule is Cc1ccc(C(=O)NCCCc2ccc(Cl)cc2)cc1S(=O)(=O)N1CCOCC1. The quantitative estimate of drug-likeness (QED) is 0.677. The summed E-state index contributed by atoms with van der Waals surface area (Å²) < 4.78 is 32.6. The summed E-state index contributed by atoms with van der Waals surface area (Å²) in [6.45, 7) is 3.64. The largest absolute Gasteiger partial charge is 0.379 e. The molecule has 156 valence electrons. The molecule has 8 heteroatoms. The molecule has 0 unspecified atom stereocenters. The van der Waals surface area contributed by atoms with Gasteiger partial charge in [-0.1, -0.05) is 29.8 Å². The average Bonchev–Trinajstić information content (AvgIpc) is 2.73. The van der Waals surface area contributed by atoms with Gasteiger partial charge in [-0.25, -0.2) is 8.42 Å². The molecule has 2 aromatic rings. The summed E-state index contributed by atoms with van der Waals surface area (Å²) in [5.41, 5.74) is 2.11. The lowest BCUT2D eigenvalue weighted by Gasteiger charge is -2.26. The minimum absolute atomic E-state index is 0.174. The molecule has 2 aromatic carbocycles. The third-order valence-electron chi connectivity index (χ3n) is 4.88. The summed E-state index contributed by atoms with van der Waals surface area (Å²) >= 11 is 5.88. The number of ether oxygens (including phenoxy) is 1. The van der Waals surface area contributed by atoms with Crippen molar-refractivity contribution in [3.63, 3.8) is 0 Å². The normalized spacial score (nSPS) is 15.2. The summed E-state index contributed by atoms with van der Waals surface area (Å²) in [7, 11) is -3.65. The van der Waals surface area contributed by atoms with Gasteiger partial charge in [0.25, 0.3) is 5.91 Å². The van der Waals surface area contributed by atoms with Crippen LogP contribution in [-0.4, -0.2) is 51.5 Å². The fourth-order valence-electron chi connectivity index (χ4n) is 3.19. The van der Waals surface area contributed by atoms with Gasteiger partial charge in [-0.15, -0.1) is 0 Å². The van der Waals surface area contributed by atoms with Gasteiger partial charge in [0.2, 0.25) is 10.0 Å². The molecule has 0 atom stereocenters. The van der Waals surface area contributed by atoms with E-state index in [4.69, 9.17) is 16.3 Å². The van der Waals surface area contributed by atoms with E-state index in [1.165, 1.54) is 10.4 Å². The van der Waals surface area contributed by atoms with Crippen molar-refractivity contribution in [3.8, 4) is 0 Å². The zero-order valence-corrected chi connectivity index (χ0v) is 17.9. The number of carbonyl (C=O) groups excluding carboxylic acids is 1. The Hall–Kier alpha value is -1.93. The Morgan fingerprint density at radius 2 is 1.83 bits per heavy atom. The molecule has 0 saturated carbocycles. The van der Waals surface area contributed by atoms with Crippen molar-refractivity contribution in [3.05, 3.63) is 64.2 Å². The van der Waals surface area contributed by atoms with E-state index < -0.39 is 10.0 Å². The minimum Gasteiger partial charge on any atom is -0.379 e. The fourth-order valence-corrected chi connectivity index (χ4v) is 4.98. The van der Waals surface area contributed by atoms with Crippen LogP contribution in [0.3, 0.4) is 0 Å². The average molecular weight is 437 g/mol. The lowest BCUT2D eigenvalue weighted by molar-refractivity contribution is 0.0730. The molecule has 1 N–H and O–H groups in total. The highest BCUT2D eigenvalue weighted by Crippen LogP contribution is 2.22. The van der Waals surface area contributed by atoms with Crippen LogP contribution in [0.1, 0.15) is 27.9 Å². The third-order valence-corrected chi connectivity index (χ3v) is 7.17. The lowest BCUT2D eigenvalue weighted by atomic mass is 10.1. The van der Waals surface area contributed by atoms with Crippen LogP contribution in [0.15, 0.2) is 47.4 Å². The number of aryl methyl sites for hydroxylation is 2. The Kier molecular flexibility index (Phi) is 7.29. The van der Waals surface area contributed by atoms with Gasteiger partial charge in [0, 0.05) is 30.2 Å². The number of nitrogens with one attached hydrogen (secondary N) is 1. The predicted molar refractivity (Wildman–Crippen MR) is 113 cm³/mol. The molecular weight excluding hydrogens is 412 g/mol. The molecule has 1 aliphatic heterocycles. The van der Waals surface area contributed by atoms with Crippen molar-refractivity contribution in [1.82, 2.24) is 9.62 Å². The number of benzene rings is 2. The first-order valence-corrected chi connectivity index (χ1v) is 11.4. The molecule has 0 bridgehead atoms. The van der Waals surface area contributed by atoms with Crippen molar-refractivity contribution in [1.29, 1.82) is 0 Å². The number of morpholine rings is 1. The van der Waals surface area contributed by atoms with Gasteiger partial charge in [0.15, 0.2) is 0 Å². The molecule has 3 rings (SSSR count). The first-order valence-electron chi connectivity index (χ1n) is 9.59. The maximum atomic E-state index is 13.0. The van der Waals surface area contributed by atoms with E-state index in [9.17, 15) is 13.2 Å². The number of carbonyl (C=O) groups is 1. The second kappa shape index (κ2) is 9.71. The van der Waals surface area contributed by atoms with Crippen LogP contribution in [0.2, 0.25) is 5.02 Å². The standard InChI is InChI=1S/C21H25ClN2O4S/c1-16-4-7-18(15-20(16)29(26,27)24-11-13-28-14-12-24)21(25)23-10-2-3-17-5-8-19(22)9-6-17/h4-9,15H,2-3,10-14H2,1H3,(H,23,25). The Morgan fingerprint density at radius 1 is 1.14 bits per heavy atom. The molecule has 1 fully saturated rings. The van der Waals surface area contributed by atoms with Gasteiger partial charge in [0.05, 0.1) is 18.1 Å². The van der Waals surface area contributed by atoms with E-state index in [1.807, 2.05) is 24.3 Å². The molecule has 0 aliphatic carbocycles. The summed E-state index contributed by atoms with van der Waals surface area (Å²) in [5.74, 6) is -0.278. The van der Waals surface area contributed by atoms with E-state index in [0.29, 0.717) is 49.0 Å². The molecule has 1 aliphatic rings. The minimum atomic E-state index is -3.65. The van der Waals surface area contributed by atoms with Crippen LogP contribution in [-0.2, 0) is 21.2 Å². The maximum absolute atomic E-state index is 13.0. The number of rotatable bonds is 7. The van der Waals surface area contributed by atoms with E-state index >= 15 is 0 Å². The number of nitrogens with zero attached hydrogens (tertiary/aromatic N) is 1. The maximum Gasteiger partial charge on any atom is 0.251 e. The Morgan fingerprint density at radius 3 is 2.52 bits per heavy atom. The number of hydrogen-bond acceptors (Lipinski definition) is 4. The highest BCUT2D eigenvalue weighted by molar-refractivity contribution is 7.89. The number of hydrogen-bond donors (Lipinski definition) is 1. The molecule has 0 spiro atoms. The molecule has 1 amide bonds. The smallest absolute Gasteiger partial charge is 0.251 e. The Labute approximate surface area is 176 Å². The number of amides is 1. The van der Waals surface area contributed by atoms with Crippen molar-refractivity contribution >= 4 is 27.5 Å². The molecule has 6 nitrogen and oxygen atoms in total. The monoisotopic (exact) mass is 436 g/mol. The summed E-state index contributed by atoms with van der Waals surface area (Å²) in [4.78, 5) is 12.7. The van der Waals surface area contributed by atoms with Crippen molar-refractivity contribution in [2.45, 2.75) is 24.7 Å². The molecule has 0 radical (unpaired) electrons. The Balaban J connectivity index is 1.62. The van der Waals surface area contributed by atoms with Crippen LogP contribution < -0.4 is 5.32 Å². The topological polar surface area (TPSA) is 75.7 Å². The van der Waals surface area contributed by atoms with E-state index in [-0.39, 0.29) is 10.8 Å². The molecule has 1 heterocycles. The first-order chi connectivity index (χ1) is 13.9. The zero-order chi connectivity index (χ0) is 20.9. The van der Waals surface area contributed by atoms with Gasteiger partial charge in [0.1, 0.15) is 0 Å². The van der Waals surface area contributed by atoms with E-state index in [0.717, 1.165) is 18.4 Å². The molecule has 29 heavy (non-hydrogen) atoms. The van der Waals surface area contributed by atoms with Gasteiger partial charge in [-0.3, -0.25) is 4.79 Å². The summed E-state index contributed by atoms with van der Waals surface area (Å²) in [6, 6.07) is 12.4. The molecule has 0 aromatic heterocycles. The molecule has 1 saturated heterocycles. The van der Waals surface area contributed by atoms with Crippen LogP contribution in [0.25, 0.3) is 0 Å². The second-order valence-corrected chi connectivity index (χ2v) is 9.33. The second-order valence-electron chi connectivity index (χ2n) is 6.98. The lowest BCUT2D eigenvalue weighted by Crippen LogP contribution is -2.41. The van der Waals surface area contributed by atoms with Crippen LogP contribution in [0, 0.1) is 6.92 Å². The van der Waals surface area contributed by atoms with Gasteiger partial charge in [-0.2, -0.15) is 4.31 Å². The van der Waals surface area contributed by atoms with Crippen LogP contribution >= 0.6 is 11.6 Å². The highest BCUT2D eigenvalue weighted by atomic mass is 35.5. The van der Waals surface area contributed by atoms with Crippen LogP contribution in [0.4, 0.5) is 0 Å². The van der Waals surface area contributed by atoms with Gasteiger partial charge in [-0.05, 0) is 55.2 Å². The number of halogens is 1. The Bertz CT molecular complexity index is 955. The van der Waals surface area contributed by atoms with Crippen molar-refractivity contribution in [2.24, 2.45) is 0 Å². The summed E-state index contributed by atoms with van der Waals surface area (Å²) in [5, 5.41) is 3.56. The van der Waals surface area contributed by atoms with Gasteiger partial charge < -0.3 is 10.1 Å². The summed E-state index contributed by atoms with van der Waals surface area (Å²) in [6.07, 6.45) is 1.60. The van der Waals surface area contributed by atoms with Crippen LogP contribution in [0.5, 0.6) is 0 Å². The number of sulfonamides is 1. The van der Waals surface area contributed by atoms with Crippen molar-refractivity contribution in [2.75, 3.05) is 32.8 Å². The highest BCUT2D eigenvalue weighted by Gasteiger charge is 2.28. The molecular formula is C21H25ClN2O4S. The van der Waals surface area contributed by atoms with E-state index in [2.05, 4.69) is 5.32 Å². The third kappa shape index (κ3) is 5.57. The van der Waals surface area contributed by atoms with Gasteiger partial charge >= 0.3 is 0 Å². The van der Waals surface area contributed by atoms with E-state index in [1.54, 1.807) is 19.1 Å². The predicted octanol–water partition coefficient (Wildman–Crippen LogP) is 3.03. The zero-order valence-electron chi connectivity index (χ0n) is 16.4. The van der Waals surface area contributed by atoms with Crippen molar-refractivity contribution < 1.29 is 17.9 Å².